The largest absolute Gasteiger partial charge is 0.393 e. The van der Waals surface area contributed by atoms with E-state index in [9.17, 15) is 5.11 Å². The lowest BCUT2D eigenvalue weighted by Gasteiger charge is -2.21. The third kappa shape index (κ3) is 1.34. The molecule has 1 aromatic heterocycles. The van der Waals surface area contributed by atoms with E-state index >= 15 is 0 Å². The molecule has 0 saturated heterocycles. The number of hydrogen-bond acceptors (Lipinski definition) is 3. The molecule has 0 aromatic carbocycles. The van der Waals surface area contributed by atoms with E-state index < -0.39 is 0 Å². The highest BCUT2D eigenvalue weighted by molar-refractivity contribution is 5.32. The molecule has 1 aromatic rings. The first kappa shape index (κ1) is 9.16. The number of pyridine rings is 1. The van der Waals surface area contributed by atoms with Gasteiger partial charge in [0.15, 0.2) is 0 Å². The molecule has 3 rings (SSSR count). The summed E-state index contributed by atoms with van der Waals surface area (Å²) in [5.74, 6) is 2.06. The van der Waals surface area contributed by atoms with Crippen LogP contribution < -0.4 is 5.73 Å². The lowest BCUT2D eigenvalue weighted by atomic mass is 9.84. The zero-order chi connectivity index (χ0) is 10.4. The van der Waals surface area contributed by atoms with E-state index in [1.807, 2.05) is 12.3 Å². The van der Waals surface area contributed by atoms with Gasteiger partial charge in [0, 0.05) is 6.20 Å². The fraction of sp³-hybridized carbons (Fsp3) is 0.583. The first-order valence-corrected chi connectivity index (χ1v) is 5.65. The quantitative estimate of drug-likeness (QED) is 0.729. The Morgan fingerprint density at radius 2 is 2.20 bits per heavy atom. The normalized spacial score (nSPS) is 38.5. The average molecular weight is 204 g/mol. The van der Waals surface area contributed by atoms with E-state index in [-0.39, 0.29) is 6.10 Å². The molecule has 3 nitrogen and oxygen atoms in total. The van der Waals surface area contributed by atoms with Gasteiger partial charge in [-0.05, 0) is 48.6 Å². The van der Waals surface area contributed by atoms with Crippen molar-refractivity contribution in [3.05, 3.63) is 23.9 Å². The van der Waals surface area contributed by atoms with Crippen molar-refractivity contribution in [3.8, 4) is 0 Å². The molecule has 2 aliphatic carbocycles. The Morgan fingerprint density at radius 1 is 1.33 bits per heavy atom. The van der Waals surface area contributed by atoms with E-state index in [0.717, 1.165) is 6.42 Å². The Bertz CT molecular complexity index is 362. The van der Waals surface area contributed by atoms with Crippen LogP contribution in [0.4, 0.5) is 5.82 Å². The SMILES string of the molecule is Nc1ccc(C2CC3CCC2C3O)cn1. The molecule has 2 aliphatic rings. The molecular weight excluding hydrogens is 188 g/mol. The molecule has 2 bridgehead atoms. The van der Waals surface area contributed by atoms with Crippen LogP contribution in [0.1, 0.15) is 30.7 Å². The second kappa shape index (κ2) is 3.20. The van der Waals surface area contributed by atoms with Crippen LogP contribution in [0, 0.1) is 11.8 Å². The van der Waals surface area contributed by atoms with E-state index in [2.05, 4.69) is 11.1 Å². The number of nitrogens with two attached hydrogens (primary N) is 1. The second-order valence-electron chi connectivity index (χ2n) is 4.85. The van der Waals surface area contributed by atoms with Gasteiger partial charge in [0.1, 0.15) is 5.82 Å². The number of anilines is 1. The first-order chi connectivity index (χ1) is 7.25. The summed E-state index contributed by atoms with van der Waals surface area (Å²) < 4.78 is 0. The zero-order valence-corrected chi connectivity index (χ0v) is 8.63. The van der Waals surface area contributed by atoms with Crippen molar-refractivity contribution in [2.45, 2.75) is 31.3 Å². The van der Waals surface area contributed by atoms with Crippen molar-refractivity contribution in [2.24, 2.45) is 11.8 Å². The van der Waals surface area contributed by atoms with Crippen LogP contribution >= 0.6 is 0 Å². The Labute approximate surface area is 89.3 Å². The average Bonchev–Trinajstić information content (AvgIpc) is 2.75. The van der Waals surface area contributed by atoms with Crippen LogP contribution in [0.5, 0.6) is 0 Å². The van der Waals surface area contributed by atoms with Gasteiger partial charge in [-0.1, -0.05) is 6.07 Å². The maximum absolute atomic E-state index is 9.97. The molecule has 3 N–H and O–H groups in total. The van der Waals surface area contributed by atoms with Crippen molar-refractivity contribution in [1.82, 2.24) is 4.98 Å². The summed E-state index contributed by atoms with van der Waals surface area (Å²) in [4.78, 5) is 4.13. The Kier molecular flexibility index (Phi) is 1.96. The molecule has 0 aliphatic heterocycles. The van der Waals surface area contributed by atoms with Gasteiger partial charge in [0.2, 0.25) is 0 Å². The summed E-state index contributed by atoms with van der Waals surface area (Å²) in [5.41, 5.74) is 6.81. The number of aliphatic hydroxyl groups excluding tert-OH is 1. The van der Waals surface area contributed by atoms with Gasteiger partial charge in [-0.3, -0.25) is 0 Å². The summed E-state index contributed by atoms with van der Waals surface area (Å²) in [5, 5.41) is 9.97. The lowest BCUT2D eigenvalue weighted by molar-refractivity contribution is 0.126. The smallest absolute Gasteiger partial charge is 0.123 e. The summed E-state index contributed by atoms with van der Waals surface area (Å²) in [6, 6.07) is 3.91. The van der Waals surface area contributed by atoms with Gasteiger partial charge in [-0.2, -0.15) is 0 Å². The fourth-order valence-electron chi connectivity index (χ4n) is 3.31. The second-order valence-corrected chi connectivity index (χ2v) is 4.85. The van der Waals surface area contributed by atoms with Crippen molar-refractivity contribution < 1.29 is 5.11 Å². The topological polar surface area (TPSA) is 59.1 Å². The van der Waals surface area contributed by atoms with Crippen LogP contribution in [0.2, 0.25) is 0 Å². The zero-order valence-electron chi connectivity index (χ0n) is 8.63. The van der Waals surface area contributed by atoms with Gasteiger partial charge < -0.3 is 10.8 Å². The molecule has 15 heavy (non-hydrogen) atoms. The highest BCUT2D eigenvalue weighted by atomic mass is 16.3. The van der Waals surface area contributed by atoms with Crippen LogP contribution in [0.15, 0.2) is 18.3 Å². The molecule has 2 fully saturated rings. The third-order valence-electron chi connectivity index (χ3n) is 4.10. The maximum atomic E-state index is 9.97. The van der Waals surface area contributed by atoms with Gasteiger partial charge in [-0.25, -0.2) is 4.98 Å². The predicted molar refractivity (Wildman–Crippen MR) is 58.2 cm³/mol. The monoisotopic (exact) mass is 204 g/mol. The lowest BCUT2D eigenvalue weighted by Crippen LogP contribution is -2.14. The highest BCUT2D eigenvalue weighted by Gasteiger charge is 2.47. The van der Waals surface area contributed by atoms with Gasteiger partial charge in [-0.15, -0.1) is 0 Å². The highest BCUT2D eigenvalue weighted by Crippen LogP contribution is 2.52. The maximum Gasteiger partial charge on any atom is 0.123 e. The molecule has 2 saturated carbocycles. The summed E-state index contributed by atoms with van der Waals surface area (Å²) >= 11 is 0. The number of rotatable bonds is 1. The van der Waals surface area contributed by atoms with E-state index in [1.165, 1.54) is 18.4 Å². The fourth-order valence-corrected chi connectivity index (χ4v) is 3.31. The molecule has 4 unspecified atom stereocenters. The molecular formula is C12H16N2O. The number of nitrogen functional groups attached to an aromatic ring is 1. The molecule has 4 atom stereocenters. The van der Waals surface area contributed by atoms with Crippen molar-refractivity contribution >= 4 is 5.82 Å². The van der Waals surface area contributed by atoms with E-state index in [1.54, 1.807) is 0 Å². The number of aromatic nitrogens is 1. The Morgan fingerprint density at radius 3 is 2.73 bits per heavy atom. The summed E-state index contributed by atoms with van der Waals surface area (Å²) in [6.45, 7) is 0. The van der Waals surface area contributed by atoms with Gasteiger partial charge >= 0.3 is 0 Å². The molecule has 3 heteroatoms. The summed E-state index contributed by atoms with van der Waals surface area (Å²) in [7, 11) is 0. The third-order valence-corrected chi connectivity index (χ3v) is 4.10. The minimum Gasteiger partial charge on any atom is -0.393 e. The molecule has 1 heterocycles. The number of hydrogen-bond donors (Lipinski definition) is 2. The minimum atomic E-state index is -0.0763. The first-order valence-electron chi connectivity index (χ1n) is 5.65. The molecule has 0 spiro atoms. The molecule has 80 valence electrons. The standard InChI is InChI=1S/C12H16N2O/c13-11-4-2-8(6-14-11)10-5-7-1-3-9(10)12(7)15/h2,4,6-7,9-10,12,15H,1,3,5H2,(H2,13,14). The molecule has 0 radical (unpaired) electrons. The summed E-state index contributed by atoms with van der Waals surface area (Å²) in [6.07, 6.45) is 5.28. The van der Waals surface area contributed by atoms with Crippen LogP contribution in [0.25, 0.3) is 0 Å². The van der Waals surface area contributed by atoms with Crippen molar-refractivity contribution in [2.75, 3.05) is 5.73 Å². The minimum absolute atomic E-state index is 0.0763. The van der Waals surface area contributed by atoms with Crippen LogP contribution in [0.3, 0.4) is 0 Å². The number of fused-ring (bicyclic) bond motifs is 2. The van der Waals surface area contributed by atoms with Crippen LogP contribution in [-0.2, 0) is 0 Å². The number of nitrogens with zero attached hydrogens (tertiary/aromatic N) is 1. The van der Waals surface area contributed by atoms with Crippen LogP contribution in [-0.4, -0.2) is 16.2 Å². The number of aliphatic hydroxyl groups is 1. The molecule has 0 amide bonds. The van der Waals surface area contributed by atoms with Crippen molar-refractivity contribution in [3.63, 3.8) is 0 Å². The van der Waals surface area contributed by atoms with E-state index in [4.69, 9.17) is 5.73 Å². The predicted octanol–water partition coefficient (Wildman–Crippen LogP) is 1.54. The van der Waals surface area contributed by atoms with Gasteiger partial charge in [0.25, 0.3) is 0 Å². The Hall–Kier alpha value is -1.09. The van der Waals surface area contributed by atoms with Gasteiger partial charge in [0.05, 0.1) is 6.10 Å². The Balaban J connectivity index is 1.87. The van der Waals surface area contributed by atoms with E-state index in [0.29, 0.717) is 23.6 Å². The van der Waals surface area contributed by atoms with Crippen molar-refractivity contribution in [1.29, 1.82) is 0 Å².